The van der Waals surface area contributed by atoms with Crippen LogP contribution >= 0.6 is 11.6 Å². The lowest BCUT2D eigenvalue weighted by Gasteiger charge is -2.13. The summed E-state index contributed by atoms with van der Waals surface area (Å²) >= 11 is 6.07. The Morgan fingerprint density at radius 1 is 1.24 bits per heavy atom. The Labute approximate surface area is 153 Å². The van der Waals surface area contributed by atoms with Gasteiger partial charge in [-0.25, -0.2) is 4.79 Å². The average Bonchev–Trinajstić information content (AvgIpc) is 2.63. The van der Waals surface area contributed by atoms with Crippen LogP contribution in [0.15, 0.2) is 29.8 Å². The Morgan fingerprint density at radius 3 is 2.80 bits per heavy atom. The second-order valence-electron chi connectivity index (χ2n) is 6.09. The fourth-order valence-corrected chi connectivity index (χ4v) is 2.95. The molecule has 136 valence electrons. The number of methoxy groups -OCH3 is 1. The maximum atomic E-state index is 12.0. The van der Waals surface area contributed by atoms with E-state index in [0.29, 0.717) is 29.2 Å². The van der Waals surface area contributed by atoms with Crippen molar-refractivity contribution < 1.29 is 14.3 Å². The third kappa shape index (κ3) is 6.52. The number of allylic oxidation sites excluding steroid dienone is 1. The number of hydrogen-bond acceptors (Lipinski definition) is 4. The first-order chi connectivity index (χ1) is 12.1. The highest BCUT2D eigenvalue weighted by Crippen LogP contribution is 2.23. The Balaban J connectivity index is 1.72. The zero-order valence-corrected chi connectivity index (χ0v) is 15.3. The highest BCUT2D eigenvalue weighted by atomic mass is 35.5. The van der Waals surface area contributed by atoms with Crippen LogP contribution in [-0.4, -0.2) is 32.1 Å². The topological polar surface area (TPSA) is 67.4 Å². The summed E-state index contributed by atoms with van der Waals surface area (Å²) in [7, 11) is 1.31. The molecule has 1 amide bonds. The van der Waals surface area contributed by atoms with Crippen molar-refractivity contribution in [2.24, 2.45) is 0 Å². The van der Waals surface area contributed by atoms with Gasteiger partial charge in [0, 0.05) is 13.0 Å². The first-order valence-corrected chi connectivity index (χ1v) is 9.04. The molecule has 1 aliphatic rings. The Morgan fingerprint density at radius 2 is 2.08 bits per heavy atom. The minimum absolute atomic E-state index is 0.145. The van der Waals surface area contributed by atoms with Gasteiger partial charge in [-0.2, -0.15) is 0 Å². The van der Waals surface area contributed by atoms with E-state index in [1.807, 2.05) is 0 Å². The maximum absolute atomic E-state index is 12.0. The van der Waals surface area contributed by atoms with Crippen molar-refractivity contribution >= 4 is 29.2 Å². The molecule has 0 atom stereocenters. The number of halogens is 1. The SMILES string of the molecule is COC(=O)c1ccc(Cl)c(NC(=O)CCNCCC2=CCCCC2)c1. The fourth-order valence-electron chi connectivity index (χ4n) is 2.79. The Kier molecular flexibility index (Phi) is 7.95. The van der Waals surface area contributed by atoms with Crippen LogP contribution in [0.1, 0.15) is 48.9 Å². The summed E-state index contributed by atoms with van der Waals surface area (Å²) in [4.78, 5) is 23.6. The van der Waals surface area contributed by atoms with Crippen LogP contribution in [0.4, 0.5) is 5.69 Å². The lowest BCUT2D eigenvalue weighted by molar-refractivity contribution is -0.116. The van der Waals surface area contributed by atoms with Gasteiger partial charge in [-0.05, 0) is 56.8 Å². The lowest BCUT2D eigenvalue weighted by Crippen LogP contribution is -2.23. The van der Waals surface area contributed by atoms with Gasteiger partial charge >= 0.3 is 5.97 Å². The molecule has 0 unspecified atom stereocenters. The van der Waals surface area contributed by atoms with Crippen LogP contribution in [0.3, 0.4) is 0 Å². The molecule has 0 bridgehead atoms. The molecule has 2 rings (SSSR count). The third-order valence-corrected chi connectivity index (χ3v) is 4.53. The minimum atomic E-state index is -0.467. The van der Waals surface area contributed by atoms with E-state index < -0.39 is 5.97 Å². The van der Waals surface area contributed by atoms with E-state index in [9.17, 15) is 9.59 Å². The van der Waals surface area contributed by atoms with Crippen molar-refractivity contribution in [3.63, 3.8) is 0 Å². The van der Waals surface area contributed by atoms with Crippen molar-refractivity contribution in [3.05, 3.63) is 40.4 Å². The molecular formula is C19H25ClN2O3. The van der Waals surface area contributed by atoms with Gasteiger partial charge in [0.25, 0.3) is 0 Å². The van der Waals surface area contributed by atoms with Crippen LogP contribution < -0.4 is 10.6 Å². The summed E-state index contributed by atoms with van der Waals surface area (Å²) in [6.45, 7) is 1.49. The van der Waals surface area contributed by atoms with Gasteiger partial charge in [-0.15, -0.1) is 0 Å². The summed E-state index contributed by atoms with van der Waals surface area (Å²) < 4.78 is 4.67. The van der Waals surface area contributed by atoms with Gasteiger partial charge < -0.3 is 15.4 Å². The maximum Gasteiger partial charge on any atom is 0.337 e. The number of anilines is 1. The van der Waals surface area contributed by atoms with Crippen molar-refractivity contribution in [1.82, 2.24) is 5.32 Å². The van der Waals surface area contributed by atoms with Gasteiger partial charge in [-0.3, -0.25) is 4.79 Å². The van der Waals surface area contributed by atoms with Gasteiger partial charge in [0.2, 0.25) is 5.91 Å². The smallest absolute Gasteiger partial charge is 0.337 e. The standard InChI is InChI=1S/C19H25ClN2O3/c1-25-19(24)15-7-8-16(20)17(13-15)22-18(23)10-12-21-11-9-14-5-3-2-4-6-14/h5,7-8,13,21H,2-4,6,9-12H2,1H3,(H,22,23). The number of benzene rings is 1. The number of carbonyl (C=O) groups excluding carboxylic acids is 2. The van der Waals surface area contributed by atoms with E-state index in [2.05, 4.69) is 21.4 Å². The molecular weight excluding hydrogens is 340 g/mol. The number of hydrogen-bond donors (Lipinski definition) is 2. The molecule has 0 saturated heterocycles. The first-order valence-electron chi connectivity index (χ1n) is 8.66. The predicted octanol–water partition coefficient (Wildman–Crippen LogP) is 3.94. The molecule has 1 aromatic carbocycles. The summed E-state index contributed by atoms with van der Waals surface area (Å²) in [5.74, 6) is -0.612. The van der Waals surface area contributed by atoms with Crippen molar-refractivity contribution in [2.75, 3.05) is 25.5 Å². The molecule has 1 aromatic rings. The molecule has 0 aromatic heterocycles. The number of ether oxygens (including phenoxy) is 1. The zero-order valence-electron chi connectivity index (χ0n) is 14.6. The van der Waals surface area contributed by atoms with Gasteiger partial charge in [-0.1, -0.05) is 23.3 Å². The van der Waals surface area contributed by atoms with Gasteiger partial charge in [0.15, 0.2) is 0 Å². The number of carbonyl (C=O) groups is 2. The molecule has 0 fully saturated rings. The molecule has 1 aliphatic carbocycles. The number of esters is 1. The highest BCUT2D eigenvalue weighted by molar-refractivity contribution is 6.33. The molecule has 5 nitrogen and oxygen atoms in total. The molecule has 2 N–H and O–H groups in total. The lowest BCUT2D eigenvalue weighted by atomic mass is 9.97. The van der Waals surface area contributed by atoms with E-state index in [0.717, 1.165) is 13.0 Å². The Hall–Kier alpha value is -1.85. The second kappa shape index (κ2) is 10.2. The summed E-state index contributed by atoms with van der Waals surface area (Å²) in [6.07, 6.45) is 8.73. The predicted molar refractivity (Wildman–Crippen MR) is 100 cm³/mol. The van der Waals surface area contributed by atoms with Crippen LogP contribution in [0.25, 0.3) is 0 Å². The summed E-state index contributed by atoms with van der Waals surface area (Å²) in [6, 6.07) is 4.65. The van der Waals surface area contributed by atoms with E-state index in [1.54, 1.807) is 12.1 Å². The highest BCUT2D eigenvalue weighted by Gasteiger charge is 2.11. The van der Waals surface area contributed by atoms with Crippen molar-refractivity contribution in [2.45, 2.75) is 38.5 Å². The normalized spacial score (nSPS) is 13.9. The fraction of sp³-hybridized carbons (Fsp3) is 0.474. The molecule has 25 heavy (non-hydrogen) atoms. The van der Waals surface area contributed by atoms with E-state index in [4.69, 9.17) is 11.6 Å². The molecule has 0 radical (unpaired) electrons. The molecule has 0 heterocycles. The number of amides is 1. The summed E-state index contributed by atoms with van der Waals surface area (Å²) in [5.41, 5.74) is 2.29. The minimum Gasteiger partial charge on any atom is -0.465 e. The van der Waals surface area contributed by atoms with Crippen LogP contribution in [0.5, 0.6) is 0 Å². The van der Waals surface area contributed by atoms with Crippen molar-refractivity contribution in [1.29, 1.82) is 0 Å². The van der Waals surface area contributed by atoms with E-state index in [-0.39, 0.29) is 5.91 Å². The summed E-state index contributed by atoms with van der Waals surface area (Å²) in [5, 5.41) is 6.42. The number of nitrogens with one attached hydrogen (secondary N) is 2. The molecule has 0 spiro atoms. The third-order valence-electron chi connectivity index (χ3n) is 4.20. The van der Waals surface area contributed by atoms with Crippen LogP contribution in [0, 0.1) is 0 Å². The van der Waals surface area contributed by atoms with Crippen LogP contribution in [0.2, 0.25) is 5.02 Å². The first kappa shape index (κ1) is 19.5. The van der Waals surface area contributed by atoms with E-state index >= 15 is 0 Å². The molecule has 0 aliphatic heterocycles. The zero-order chi connectivity index (χ0) is 18.1. The van der Waals surface area contributed by atoms with E-state index in [1.165, 1.54) is 44.4 Å². The monoisotopic (exact) mass is 364 g/mol. The van der Waals surface area contributed by atoms with Gasteiger partial charge in [0.05, 0.1) is 23.4 Å². The molecule has 0 saturated carbocycles. The molecule has 6 heteroatoms. The quantitative estimate of drug-likeness (QED) is 0.416. The van der Waals surface area contributed by atoms with Gasteiger partial charge in [0.1, 0.15) is 0 Å². The van der Waals surface area contributed by atoms with Crippen LogP contribution in [-0.2, 0) is 9.53 Å². The van der Waals surface area contributed by atoms with Crippen molar-refractivity contribution in [3.8, 4) is 0 Å². The second-order valence-corrected chi connectivity index (χ2v) is 6.50. The number of rotatable bonds is 8. The Bertz CT molecular complexity index is 644. The average molecular weight is 365 g/mol. The largest absolute Gasteiger partial charge is 0.465 e.